The summed E-state index contributed by atoms with van der Waals surface area (Å²) in [5.41, 5.74) is 4.90. The van der Waals surface area contributed by atoms with Gasteiger partial charge in [-0.05, 0) is 47.9 Å². The Morgan fingerprint density at radius 1 is 1.00 bits per heavy atom. The van der Waals surface area contributed by atoms with E-state index in [1.165, 1.54) is 16.8 Å². The van der Waals surface area contributed by atoms with Crippen LogP contribution in [-0.4, -0.2) is 46.8 Å². The Kier molecular flexibility index (Phi) is 7.03. The number of methoxy groups -OCH3 is 1. The third-order valence-corrected chi connectivity index (χ3v) is 6.01. The summed E-state index contributed by atoms with van der Waals surface area (Å²) in [4.78, 5) is 17.1. The summed E-state index contributed by atoms with van der Waals surface area (Å²) in [5, 5.41) is 3.08. The molecule has 0 aliphatic carbocycles. The van der Waals surface area contributed by atoms with Gasteiger partial charge < -0.3 is 24.6 Å². The number of carbonyl (C=O) groups excluding carboxylic acids is 1. The molecule has 1 amide bonds. The molecule has 0 fully saturated rings. The van der Waals surface area contributed by atoms with Crippen molar-refractivity contribution in [3.63, 3.8) is 0 Å². The fourth-order valence-electron chi connectivity index (χ4n) is 4.23. The van der Waals surface area contributed by atoms with E-state index in [1.807, 2.05) is 32.3 Å². The lowest BCUT2D eigenvalue weighted by Gasteiger charge is -2.31. The number of ether oxygens (including phenoxy) is 2. The monoisotopic (exact) mass is 445 g/mol. The van der Waals surface area contributed by atoms with Crippen LogP contribution in [0.4, 0.5) is 11.4 Å². The summed E-state index contributed by atoms with van der Waals surface area (Å²) >= 11 is 0. The molecule has 33 heavy (non-hydrogen) atoms. The van der Waals surface area contributed by atoms with Crippen LogP contribution < -0.4 is 24.6 Å². The lowest BCUT2D eigenvalue weighted by Crippen LogP contribution is -2.39. The van der Waals surface area contributed by atoms with Gasteiger partial charge in [0.1, 0.15) is 0 Å². The van der Waals surface area contributed by atoms with Gasteiger partial charge in [0.2, 0.25) is 0 Å². The first kappa shape index (κ1) is 22.5. The first-order chi connectivity index (χ1) is 16.1. The van der Waals surface area contributed by atoms with Crippen molar-refractivity contribution in [3.05, 3.63) is 83.9 Å². The van der Waals surface area contributed by atoms with Crippen LogP contribution in [0.15, 0.2) is 72.8 Å². The lowest BCUT2D eigenvalue weighted by molar-refractivity contribution is -0.123. The number of hydrogen-bond donors (Lipinski definition) is 1. The van der Waals surface area contributed by atoms with E-state index in [2.05, 4.69) is 63.6 Å². The third-order valence-electron chi connectivity index (χ3n) is 6.01. The van der Waals surface area contributed by atoms with Crippen molar-refractivity contribution in [1.29, 1.82) is 0 Å². The van der Waals surface area contributed by atoms with Crippen molar-refractivity contribution in [2.24, 2.45) is 0 Å². The minimum Gasteiger partial charge on any atom is -0.493 e. The summed E-state index contributed by atoms with van der Waals surface area (Å²) in [5.74, 6) is 1.00. The zero-order chi connectivity index (χ0) is 23.2. The molecule has 6 nitrogen and oxygen atoms in total. The summed E-state index contributed by atoms with van der Waals surface area (Å²) in [6, 6.07) is 24.4. The predicted molar refractivity (Wildman–Crippen MR) is 133 cm³/mol. The van der Waals surface area contributed by atoms with Gasteiger partial charge >= 0.3 is 0 Å². The van der Waals surface area contributed by atoms with Gasteiger partial charge in [0.05, 0.1) is 13.2 Å². The fourth-order valence-corrected chi connectivity index (χ4v) is 4.23. The summed E-state index contributed by atoms with van der Waals surface area (Å²) in [6.45, 7) is 1.35. The number of para-hydroxylation sites is 3. The zero-order valence-electron chi connectivity index (χ0n) is 19.5. The minimum absolute atomic E-state index is 0.0278. The maximum absolute atomic E-state index is 12.7. The topological polar surface area (TPSA) is 54.0 Å². The van der Waals surface area contributed by atoms with E-state index < -0.39 is 0 Å². The second-order valence-corrected chi connectivity index (χ2v) is 8.32. The van der Waals surface area contributed by atoms with Gasteiger partial charge in [-0.1, -0.05) is 42.5 Å². The van der Waals surface area contributed by atoms with Gasteiger partial charge in [0.15, 0.2) is 18.1 Å². The molecule has 3 aromatic rings. The van der Waals surface area contributed by atoms with E-state index in [-0.39, 0.29) is 18.6 Å². The van der Waals surface area contributed by atoms with Crippen LogP contribution in [0.2, 0.25) is 0 Å². The molecule has 0 saturated heterocycles. The molecule has 1 N–H and O–H groups in total. The maximum Gasteiger partial charge on any atom is 0.258 e. The number of nitrogens with one attached hydrogen (secondary N) is 1. The van der Waals surface area contributed by atoms with E-state index >= 15 is 0 Å². The zero-order valence-corrected chi connectivity index (χ0v) is 19.5. The van der Waals surface area contributed by atoms with Crippen molar-refractivity contribution in [2.45, 2.75) is 12.5 Å². The van der Waals surface area contributed by atoms with E-state index in [4.69, 9.17) is 9.47 Å². The number of carbonyl (C=O) groups is 1. The molecule has 1 aliphatic heterocycles. The van der Waals surface area contributed by atoms with E-state index in [1.54, 1.807) is 13.2 Å². The number of rotatable bonds is 9. The fraction of sp³-hybridized carbons (Fsp3) is 0.296. The van der Waals surface area contributed by atoms with Gasteiger partial charge in [-0.2, -0.15) is 0 Å². The molecule has 1 heterocycles. The quantitative estimate of drug-likeness (QED) is 0.538. The summed E-state index contributed by atoms with van der Waals surface area (Å²) in [7, 11) is 5.65. The van der Waals surface area contributed by atoms with Gasteiger partial charge in [0.25, 0.3) is 5.91 Å². The van der Waals surface area contributed by atoms with Crippen molar-refractivity contribution in [1.82, 2.24) is 5.32 Å². The molecular formula is C27H31N3O3. The van der Waals surface area contributed by atoms with Crippen molar-refractivity contribution in [3.8, 4) is 11.5 Å². The number of hydrogen-bond acceptors (Lipinski definition) is 5. The maximum atomic E-state index is 12.7. The molecule has 4 rings (SSSR count). The predicted octanol–water partition coefficient (Wildman–Crippen LogP) is 4.06. The largest absolute Gasteiger partial charge is 0.493 e. The van der Waals surface area contributed by atoms with E-state index in [9.17, 15) is 4.79 Å². The Morgan fingerprint density at radius 2 is 1.70 bits per heavy atom. The van der Waals surface area contributed by atoms with E-state index in [0.717, 1.165) is 18.7 Å². The van der Waals surface area contributed by atoms with E-state index in [0.29, 0.717) is 18.0 Å². The molecule has 0 unspecified atom stereocenters. The van der Waals surface area contributed by atoms with Gasteiger partial charge in [0, 0.05) is 38.6 Å². The summed E-state index contributed by atoms with van der Waals surface area (Å²) in [6.07, 6.45) is 1.01. The molecule has 172 valence electrons. The molecular weight excluding hydrogens is 414 g/mol. The van der Waals surface area contributed by atoms with Crippen LogP contribution in [0.5, 0.6) is 11.5 Å². The van der Waals surface area contributed by atoms with Crippen LogP contribution >= 0.6 is 0 Å². The SMILES string of the molecule is COc1ccccc1OCC(=O)NC[C@@H](c1ccc(N(C)C)cc1)N1CCc2ccccc21. The Hall–Kier alpha value is -3.67. The third kappa shape index (κ3) is 5.22. The first-order valence-corrected chi connectivity index (χ1v) is 11.2. The normalized spacial score (nSPS) is 13.2. The summed E-state index contributed by atoms with van der Waals surface area (Å²) < 4.78 is 11.0. The highest BCUT2D eigenvalue weighted by Crippen LogP contribution is 2.35. The number of nitrogens with zero attached hydrogens (tertiary/aromatic N) is 2. The average molecular weight is 446 g/mol. The van der Waals surface area contributed by atoms with Crippen molar-refractivity contribution < 1.29 is 14.3 Å². The Labute approximate surface area is 195 Å². The van der Waals surface area contributed by atoms with Crippen molar-refractivity contribution >= 4 is 17.3 Å². The van der Waals surface area contributed by atoms with Crippen LogP contribution in [-0.2, 0) is 11.2 Å². The second kappa shape index (κ2) is 10.3. The molecule has 0 spiro atoms. The van der Waals surface area contributed by atoms with Gasteiger partial charge in [-0.3, -0.25) is 4.79 Å². The highest BCUT2D eigenvalue weighted by molar-refractivity contribution is 5.77. The molecule has 3 aromatic carbocycles. The Morgan fingerprint density at radius 3 is 2.42 bits per heavy atom. The molecule has 0 saturated carbocycles. The number of fused-ring (bicyclic) bond motifs is 1. The molecule has 1 aliphatic rings. The number of anilines is 2. The average Bonchev–Trinajstić information content (AvgIpc) is 3.27. The smallest absolute Gasteiger partial charge is 0.258 e. The van der Waals surface area contributed by atoms with Crippen LogP contribution in [0.3, 0.4) is 0 Å². The lowest BCUT2D eigenvalue weighted by atomic mass is 10.0. The van der Waals surface area contributed by atoms with Crippen LogP contribution in [0.1, 0.15) is 17.2 Å². The molecule has 0 radical (unpaired) electrons. The van der Waals surface area contributed by atoms with Gasteiger partial charge in [-0.15, -0.1) is 0 Å². The molecule has 1 atom stereocenters. The Balaban J connectivity index is 1.47. The standard InChI is InChI=1S/C27H31N3O3/c1-29(2)22-14-12-21(13-15-22)24(30-17-16-20-8-4-5-9-23(20)30)18-28-27(31)19-33-26-11-7-6-10-25(26)32-3/h4-15,24H,16-19H2,1-3H3,(H,28,31)/t24-/m0/s1. The second-order valence-electron chi connectivity index (χ2n) is 8.32. The highest BCUT2D eigenvalue weighted by Gasteiger charge is 2.27. The van der Waals surface area contributed by atoms with Crippen LogP contribution in [0, 0.1) is 0 Å². The molecule has 6 heteroatoms. The highest BCUT2D eigenvalue weighted by atomic mass is 16.5. The molecule has 0 bridgehead atoms. The van der Waals surface area contributed by atoms with Crippen LogP contribution in [0.25, 0.3) is 0 Å². The number of amides is 1. The molecule has 0 aromatic heterocycles. The van der Waals surface area contributed by atoms with Crippen molar-refractivity contribution in [2.75, 3.05) is 50.7 Å². The Bertz CT molecular complexity index is 1080. The van der Waals surface area contributed by atoms with Gasteiger partial charge in [-0.25, -0.2) is 0 Å². The first-order valence-electron chi connectivity index (χ1n) is 11.2. The number of benzene rings is 3. The minimum atomic E-state index is -0.164.